The SMILES string of the molecule is CCOc1cc(F)ccc1NC1CCCS(=O)(=O)C1. The highest BCUT2D eigenvalue weighted by atomic mass is 32.2. The Labute approximate surface area is 112 Å². The molecule has 1 N–H and O–H groups in total. The molecule has 19 heavy (non-hydrogen) atoms. The van der Waals surface area contributed by atoms with Gasteiger partial charge in [0.05, 0.1) is 23.8 Å². The van der Waals surface area contributed by atoms with Crippen LogP contribution in [0.2, 0.25) is 0 Å². The molecule has 0 spiro atoms. The highest BCUT2D eigenvalue weighted by molar-refractivity contribution is 7.91. The Morgan fingerprint density at radius 1 is 1.47 bits per heavy atom. The number of benzene rings is 1. The van der Waals surface area contributed by atoms with Gasteiger partial charge in [0.1, 0.15) is 11.6 Å². The van der Waals surface area contributed by atoms with Crippen LogP contribution in [0.4, 0.5) is 10.1 Å². The average Bonchev–Trinajstić information content (AvgIpc) is 2.32. The molecule has 1 fully saturated rings. The number of anilines is 1. The van der Waals surface area contributed by atoms with E-state index in [2.05, 4.69) is 5.32 Å². The van der Waals surface area contributed by atoms with Crippen molar-refractivity contribution >= 4 is 15.5 Å². The number of hydrogen-bond donors (Lipinski definition) is 1. The zero-order chi connectivity index (χ0) is 13.9. The molecule has 0 aliphatic carbocycles. The first-order valence-corrected chi connectivity index (χ1v) is 8.21. The summed E-state index contributed by atoms with van der Waals surface area (Å²) in [5.74, 6) is 0.429. The van der Waals surface area contributed by atoms with Crippen molar-refractivity contribution in [3.05, 3.63) is 24.0 Å². The van der Waals surface area contributed by atoms with Gasteiger partial charge in [-0.2, -0.15) is 0 Å². The molecule has 0 aromatic heterocycles. The number of rotatable bonds is 4. The van der Waals surface area contributed by atoms with Crippen molar-refractivity contribution in [2.75, 3.05) is 23.4 Å². The summed E-state index contributed by atoms with van der Waals surface area (Å²) in [4.78, 5) is 0. The highest BCUT2D eigenvalue weighted by Crippen LogP contribution is 2.28. The number of nitrogens with one attached hydrogen (secondary N) is 1. The molecule has 1 saturated heterocycles. The maximum absolute atomic E-state index is 13.2. The van der Waals surface area contributed by atoms with E-state index in [0.29, 0.717) is 24.5 Å². The lowest BCUT2D eigenvalue weighted by Gasteiger charge is -2.25. The Morgan fingerprint density at radius 3 is 2.95 bits per heavy atom. The van der Waals surface area contributed by atoms with E-state index in [1.165, 1.54) is 12.1 Å². The third-order valence-corrected chi connectivity index (χ3v) is 4.89. The fraction of sp³-hybridized carbons (Fsp3) is 0.538. The average molecular weight is 287 g/mol. The molecule has 1 aromatic carbocycles. The van der Waals surface area contributed by atoms with Gasteiger partial charge in [-0.3, -0.25) is 0 Å². The van der Waals surface area contributed by atoms with E-state index in [4.69, 9.17) is 4.74 Å². The highest BCUT2D eigenvalue weighted by Gasteiger charge is 2.25. The summed E-state index contributed by atoms with van der Waals surface area (Å²) in [6.07, 6.45) is 1.45. The van der Waals surface area contributed by atoms with Gasteiger partial charge in [0.2, 0.25) is 0 Å². The quantitative estimate of drug-likeness (QED) is 0.922. The van der Waals surface area contributed by atoms with Gasteiger partial charge in [-0.25, -0.2) is 12.8 Å². The van der Waals surface area contributed by atoms with Gasteiger partial charge >= 0.3 is 0 Å². The molecule has 6 heteroatoms. The summed E-state index contributed by atoms with van der Waals surface area (Å²) in [5.41, 5.74) is 0.644. The van der Waals surface area contributed by atoms with Crippen molar-refractivity contribution in [2.45, 2.75) is 25.8 Å². The van der Waals surface area contributed by atoms with Crippen LogP contribution >= 0.6 is 0 Å². The minimum atomic E-state index is -2.96. The zero-order valence-electron chi connectivity index (χ0n) is 10.9. The van der Waals surface area contributed by atoms with Crippen LogP contribution in [0.5, 0.6) is 5.75 Å². The molecule has 0 radical (unpaired) electrons. The second-order valence-corrected chi connectivity index (χ2v) is 6.90. The summed E-state index contributed by atoms with van der Waals surface area (Å²) in [5, 5.41) is 3.15. The molecule has 1 unspecified atom stereocenters. The summed E-state index contributed by atoms with van der Waals surface area (Å²) in [7, 11) is -2.96. The molecule has 1 aromatic rings. The van der Waals surface area contributed by atoms with Crippen molar-refractivity contribution in [3.63, 3.8) is 0 Å². The third kappa shape index (κ3) is 3.83. The van der Waals surface area contributed by atoms with Crippen LogP contribution in [0.25, 0.3) is 0 Å². The molecular formula is C13H18FNO3S. The summed E-state index contributed by atoms with van der Waals surface area (Å²) in [6, 6.07) is 4.09. The standard InChI is InChI=1S/C13H18FNO3S/c1-2-18-13-8-10(14)5-6-12(13)15-11-4-3-7-19(16,17)9-11/h5-6,8,11,15H,2-4,7,9H2,1H3. The molecule has 0 bridgehead atoms. The monoisotopic (exact) mass is 287 g/mol. The second kappa shape index (κ2) is 5.77. The van der Waals surface area contributed by atoms with Gasteiger partial charge < -0.3 is 10.1 Å². The predicted octanol–water partition coefficient (Wildman–Crippen LogP) is 2.21. The number of sulfone groups is 1. The number of hydrogen-bond acceptors (Lipinski definition) is 4. The Kier molecular flexibility index (Phi) is 4.29. The van der Waals surface area contributed by atoms with E-state index >= 15 is 0 Å². The topological polar surface area (TPSA) is 55.4 Å². The van der Waals surface area contributed by atoms with Crippen LogP contribution in [0, 0.1) is 5.82 Å². The summed E-state index contributed by atoms with van der Waals surface area (Å²) < 4.78 is 41.7. The molecule has 1 aliphatic rings. The molecule has 0 saturated carbocycles. The van der Waals surface area contributed by atoms with E-state index < -0.39 is 9.84 Å². The maximum atomic E-state index is 13.2. The van der Waals surface area contributed by atoms with E-state index in [1.807, 2.05) is 6.92 Å². The van der Waals surface area contributed by atoms with Gasteiger partial charge in [-0.1, -0.05) is 0 Å². The predicted molar refractivity (Wildman–Crippen MR) is 72.9 cm³/mol. The van der Waals surface area contributed by atoms with Crippen LogP contribution in [0.1, 0.15) is 19.8 Å². The first-order chi connectivity index (χ1) is 9.00. The largest absolute Gasteiger partial charge is 0.492 e. The number of ether oxygens (including phenoxy) is 1. The van der Waals surface area contributed by atoms with E-state index in [9.17, 15) is 12.8 Å². The molecule has 1 atom stereocenters. The lowest BCUT2D eigenvalue weighted by molar-refractivity contribution is 0.339. The Hall–Kier alpha value is -1.30. The zero-order valence-corrected chi connectivity index (χ0v) is 11.7. The van der Waals surface area contributed by atoms with Crippen molar-refractivity contribution in [2.24, 2.45) is 0 Å². The molecular weight excluding hydrogens is 269 g/mol. The third-order valence-electron chi connectivity index (χ3n) is 3.07. The van der Waals surface area contributed by atoms with E-state index in [0.717, 1.165) is 6.42 Å². The smallest absolute Gasteiger partial charge is 0.152 e. The molecule has 0 amide bonds. The van der Waals surface area contributed by atoms with Crippen LogP contribution in [-0.2, 0) is 9.84 Å². The van der Waals surface area contributed by atoms with Crippen molar-refractivity contribution < 1.29 is 17.5 Å². The lowest BCUT2D eigenvalue weighted by atomic mass is 10.1. The molecule has 1 aliphatic heterocycles. The van der Waals surface area contributed by atoms with Crippen LogP contribution in [-0.4, -0.2) is 32.6 Å². The molecule has 4 nitrogen and oxygen atoms in total. The fourth-order valence-corrected chi connectivity index (χ4v) is 3.88. The summed E-state index contributed by atoms with van der Waals surface area (Å²) in [6.45, 7) is 2.25. The van der Waals surface area contributed by atoms with Crippen molar-refractivity contribution in [1.29, 1.82) is 0 Å². The molecule has 106 valence electrons. The Balaban J connectivity index is 2.14. The van der Waals surface area contributed by atoms with E-state index in [1.54, 1.807) is 6.07 Å². The first kappa shape index (κ1) is 14.1. The number of halogens is 1. The summed E-state index contributed by atoms with van der Waals surface area (Å²) >= 11 is 0. The lowest BCUT2D eigenvalue weighted by Crippen LogP contribution is -2.34. The minimum Gasteiger partial charge on any atom is -0.492 e. The molecule has 1 heterocycles. The van der Waals surface area contributed by atoms with Crippen molar-refractivity contribution in [3.8, 4) is 5.75 Å². The minimum absolute atomic E-state index is 0.121. The Bertz CT molecular complexity index is 545. The molecule has 2 rings (SSSR count). The first-order valence-electron chi connectivity index (χ1n) is 6.39. The second-order valence-electron chi connectivity index (χ2n) is 4.67. The van der Waals surface area contributed by atoms with Crippen LogP contribution in [0.15, 0.2) is 18.2 Å². The van der Waals surface area contributed by atoms with E-state index in [-0.39, 0.29) is 23.4 Å². The van der Waals surface area contributed by atoms with Gasteiger partial charge in [0.25, 0.3) is 0 Å². The Morgan fingerprint density at radius 2 is 2.26 bits per heavy atom. The van der Waals surface area contributed by atoms with Gasteiger partial charge in [-0.05, 0) is 31.9 Å². The van der Waals surface area contributed by atoms with Gasteiger partial charge in [0.15, 0.2) is 9.84 Å². The van der Waals surface area contributed by atoms with Gasteiger partial charge in [-0.15, -0.1) is 0 Å². The maximum Gasteiger partial charge on any atom is 0.152 e. The van der Waals surface area contributed by atoms with Crippen LogP contribution in [0.3, 0.4) is 0 Å². The van der Waals surface area contributed by atoms with Crippen LogP contribution < -0.4 is 10.1 Å². The van der Waals surface area contributed by atoms with Crippen molar-refractivity contribution in [1.82, 2.24) is 0 Å². The van der Waals surface area contributed by atoms with Gasteiger partial charge in [0, 0.05) is 12.1 Å². The normalized spacial score (nSPS) is 21.9. The fourth-order valence-electron chi connectivity index (χ4n) is 2.25.